The van der Waals surface area contributed by atoms with E-state index in [0.717, 1.165) is 35.6 Å². The van der Waals surface area contributed by atoms with Gasteiger partial charge in [-0.15, -0.1) is 0 Å². The van der Waals surface area contributed by atoms with E-state index in [2.05, 4.69) is 29.2 Å². The van der Waals surface area contributed by atoms with Gasteiger partial charge >= 0.3 is 5.69 Å². The molecule has 2 aromatic heterocycles. The van der Waals surface area contributed by atoms with Gasteiger partial charge in [-0.1, -0.05) is 13.8 Å². The van der Waals surface area contributed by atoms with Gasteiger partial charge in [0.05, 0.1) is 6.54 Å². The van der Waals surface area contributed by atoms with Crippen molar-refractivity contribution in [2.24, 2.45) is 14.1 Å². The number of fused-ring (bicyclic) bond motifs is 1. The summed E-state index contributed by atoms with van der Waals surface area (Å²) < 4.78 is 4.59. The number of rotatable bonds is 4. The van der Waals surface area contributed by atoms with Crippen LogP contribution in [-0.4, -0.2) is 29.9 Å². The molecule has 1 aliphatic rings. The highest BCUT2D eigenvalue weighted by molar-refractivity contribution is 5.04. The van der Waals surface area contributed by atoms with Crippen molar-refractivity contribution in [1.82, 2.24) is 29.2 Å². The fourth-order valence-electron chi connectivity index (χ4n) is 2.94. The van der Waals surface area contributed by atoms with E-state index in [-0.39, 0.29) is 17.3 Å². The van der Waals surface area contributed by atoms with Crippen LogP contribution in [-0.2, 0) is 33.6 Å². The maximum Gasteiger partial charge on any atom is 0.330 e. The molecule has 0 amide bonds. The lowest BCUT2D eigenvalue weighted by Gasteiger charge is -2.24. The quantitative estimate of drug-likeness (QED) is 0.845. The Hall–Kier alpha value is -2.22. The lowest BCUT2D eigenvalue weighted by molar-refractivity contribution is 0.353. The van der Waals surface area contributed by atoms with E-state index in [1.807, 2.05) is 4.68 Å². The Labute approximate surface area is 140 Å². The lowest BCUT2D eigenvalue weighted by atomic mass is 10.1. The summed E-state index contributed by atoms with van der Waals surface area (Å²) in [6.45, 7) is 5.42. The predicted octanol–water partition coefficient (Wildman–Crippen LogP) is -0.0965. The molecule has 0 spiro atoms. The minimum absolute atomic E-state index is 0.248. The molecule has 0 bridgehead atoms. The van der Waals surface area contributed by atoms with Crippen LogP contribution in [0.15, 0.2) is 15.7 Å². The summed E-state index contributed by atoms with van der Waals surface area (Å²) in [6.07, 6.45) is 1.85. The Morgan fingerprint density at radius 1 is 1.29 bits per heavy atom. The summed E-state index contributed by atoms with van der Waals surface area (Å²) in [7, 11) is 3.17. The number of hydrogen-bond acceptors (Lipinski definition) is 5. The molecule has 2 aromatic rings. The summed E-state index contributed by atoms with van der Waals surface area (Å²) in [4.78, 5) is 28.3. The van der Waals surface area contributed by atoms with Crippen LogP contribution in [0.25, 0.3) is 0 Å². The van der Waals surface area contributed by atoms with Crippen LogP contribution in [0.5, 0.6) is 0 Å². The number of aryl methyl sites for hydroxylation is 1. The molecule has 0 radical (unpaired) electrons. The molecule has 3 rings (SSSR count). The average Bonchev–Trinajstić information content (AvgIpc) is 2.98. The molecule has 1 aliphatic heterocycles. The molecule has 0 fully saturated rings. The fraction of sp³-hybridized carbons (Fsp3) is 0.625. The second kappa shape index (κ2) is 6.35. The minimum Gasteiger partial charge on any atom is -0.307 e. The van der Waals surface area contributed by atoms with E-state index in [0.29, 0.717) is 18.2 Å². The van der Waals surface area contributed by atoms with Gasteiger partial charge in [0.1, 0.15) is 5.82 Å². The monoisotopic (exact) mass is 332 g/mol. The first-order chi connectivity index (χ1) is 11.4. The maximum atomic E-state index is 12.0. The summed E-state index contributed by atoms with van der Waals surface area (Å²) in [6, 6.07) is 1.76. The zero-order chi connectivity index (χ0) is 17.4. The van der Waals surface area contributed by atoms with Crippen molar-refractivity contribution < 1.29 is 0 Å². The highest BCUT2D eigenvalue weighted by Crippen LogP contribution is 2.17. The normalized spacial score (nSPS) is 17.3. The van der Waals surface area contributed by atoms with Crippen LogP contribution in [0.1, 0.15) is 43.5 Å². The predicted molar refractivity (Wildman–Crippen MR) is 90.0 cm³/mol. The van der Waals surface area contributed by atoms with Crippen molar-refractivity contribution in [3.8, 4) is 0 Å². The summed E-state index contributed by atoms with van der Waals surface area (Å²) in [5, 5.41) is 8.01. The van der Waals surface area contributed by atoms with E-state index in [4.69, 9.17) is 0 Å². The topological polar surface area (TPSA) is 86.7 Å². The average molecular weight is 332 g/mol. The molecular formula is C16H24N6O2. The maximum absolute atomic E-state index is 12.0. The third kappa shape index (κ3) is 3.06. The zero-order valence-electron chi connectivity index (χ0n) is 14.6. The molecular weight excluding hydrogens is 308 g/mol. The Bertz CT molecular complexity index is 860. The minimum atomic E-state index is -0.303. The molecule has 0 unspecified atom stereocenters. The first kappa shape index (κ1) is 16.6. The largest absolute Gasteiger partial charge is 0.330 e. The zero-order valence-corrected chi connectivity index (χ0v) is 14.6. The molecule has 1 N–H and O–H groups in total. The number of aromatic nitrogens is 5. The molecule has 130 valence electrons. The number of nitrogens with one attached hydrogen (secondary N) is 1. The van der Waals surface area contributed by atoms with Gasteiger partial charge in [0, 0.05) is 50.8 Å². The van der Waals surface area contributed by atoms with E-state index in [1.165, 1.54) is 17.7 Å². The van der Waals surface area contributed by atoms with E-state index in [1.54, 1.807) is 7.05 Å². The van der Waals surface area contributed by atoms with Gasteiger partial charge in [-0.05, 0) is 6.42 Å². The second-order valence-electron chi connectivity index (χ2n) is 6.71. The third-order valence-electron chi connectivity index (χ3n) is 4.59. The molecule has 8 heteroatoms. The summed E-state index contributed by atoms with van der Waals surface area (Å²) in [5.74, 6) is 2.25. The fourth-order valence-corrected chi connectivity index (χ4v) is 2.94. The van der Waals surface area contributed by atoms with Crippen LogP contribution in [0.4, 0.5) is 0 Å². The molecule has 1 atom stereocenters. The molecule has 0 aromatic carbocycles. The molecule has 0 saturated carbocycles. The Kier molecular flexibility index (Phi) is 4.40. The second-order valence-corrected chi connectivity index (χ2v) is 6.71. The number of hydrogen-bond donors (Lipinski definition) is 1. The van der Waals surface area contributed by atoms with Gasteiger partial charge in [0.2, 0.25) is 0 Å². The van der Waals surface area contributed by atoms with E-state index < -0.39 is 0 Å². The van der Waals surface area contributed by atoms with Crippen molar-refractivity contribution in [2.45, 2.75) is 51.7 Å². The SMILES string of the molecule is CC(C)c1nc2n(n1)C[C@@H](NCc1cc(=O)n(C)c(=O)n1C)CC2. The van der Waals surface area contributed by atoms with Gasteiger partial charge in [-0.3, -0.25) is 13.9 Å². The molecule has 0 saturated heterocycles. The highest BCUT2D eigenvalue weighted by Gasteiger charge is 2.22. The van der Waals surface area contributed by atoms with Crippen molar-refractivity contribution in [3.63, 3.8) is 0 Å². The van der Waals surface area contributed by atoms with Crippen LogP contribution >= 0.6 is 0 Å². The third-order valence-corrected chi connectivity index (χ3v) is 4.59. The smallest absolute Gasteiger partial charge is 0.307 e. The molecule has 8 nitrogen and oxygen atoms in total. The first-order valence-corrected chi connectivity index (χ1v) is 8.29. The Balaban J connectivity index is 1.70. The van der Waals surface area contributed by atoms with Crippen molar-refractivity contribution >= 4 is 0 Å². The van der Waals surface area contributed by atoms with Crippen LogP contribution < -0.4 is 16.6 Å². The Morgan fingerprint density at radius 3 is 2.75 bits per heavy atom. The first-order valence-electron chi connectivity index (χ1n) is 8.29. The van der Waals surface area contributed by atoms with Gasteiger partial charge in [0.15, 0.2) is 5.82 Å². The highest BCUT2D eigenvalue weighted by atomic mass is 16.2. The van der Waals surface area contributed by atoms with Crippen LogP contribution in [0, 0.1) is 0 Å². The number of nitrogens with zero attached hydrogens (tertiary/aromatic N) is 5. The van der Waals surface area contributed by atoms with Gasteiger partial charge in [0.25, 0.3) is 5.56 Å². The van der Waals surface area contributed by atoms with Crippen molar-refractivity contribution in [1.29, 1.82) is 0 Å². The molecule has 24 heavy (non-hydrogen) atoms. The standard InChI is InChI=1S/C16H24N6O2/c1-10(2)15-18-13-6-5-11(9-22(13)19-15)17-8-12-7-14(23)21(4)16(24)20(12)3/h7,10-11,17H,5-6,8-9H2,1-4H3/t11-/m0/s1. The lowest BCUT2D eigenvalue weighted by Crippen LogP contribution is -2.41. The van der Waals surface area contributed by atoms with Crippen LogP contribution in [0.3, 0.4) is 0 Å². The van der Waals surface area contributed by atoms with E-state index >= 15 is 0 Å². The van der Waals surface area contributed by atoms with E-state index in [9.17, 15) is 9.59 Å². The summed E-state index contributed by atoms with van der Waals surface area (Å²) >= 11 is 0. The molecule has 0 aliphatic carbocycles. The van der Waals surface area contributed by atoms with Crippen molar-refractivity contribution in [3.05, 3.63) is 44.2 Å². The molecule has 3 heterocycles. The van der Waals surface area contributed by atoms with Gasteiger partial charge < -0.3 is 5.32 Å². The van der Waals surface area contributed by atoms with Gasteiger partial charge in [-0.2, -0.15) is 5.10 Å². The van der Waals surface area contributed by atoms with Crippen LogP contribution in [0.2, 0.25) is 0 Å². The van der Waals surface area contributed by atoms with Gasteiger partial charge in [-0.25, -0.2) is 14.5 Å². The van der Waals surface area contributed by atoms with Crippen molar-refractivity contribution in [2.75, 3.05) is 0 Å². The Morgan fingerprint density at radius 2 is 2.04 bits per heavy atom. The summed E-state index contributed by atoms with van der Waals surface area (Å²) in [5.41, 5.74) is 0.108.